The summed E-state index contributed by atoms with van der Waals surface area (Å²) in [5.74, 6) is 0.565. The maximum atomic E-state index is 13.0. The summed E-state index contributed by atoms with van der Waals surface area (Å²) >= 11 is 5.76. The second-order valence-corrected chi connectivity index (χ2v) is 4.59. The highest BCUT2D eigenvalue weighted by Crippen LogP contribution is 2.20. The highest BCUT2D eigenvalue weighted by atomic mass is 35.5. The molecular formula is C14H15ClFNO. The molecule has 96 valence electrons. The average molecular weight is 268 g/mol. The Kier molecular flexibility index (Phi) is 4.39. The Balaban J connectivity index is 1.87. The molecule has 1 atom stereocenters. The molecule has 0 fully saturated rings. The molecule has 0 aliphatic heterocycles. The molecule has 1 unspecified atom stereocenters. The predicted octanol–water partition coefficient (Wildman–Crippen LogP) is 3.97. The van der Waals surface area contributed by atoms with Crippen LogP contribution in [0, 0.1) is 5.82 Å². The quantitative estimate of drug-likeness (QED) is 0.887. The van der Waals surface area contributed by atoms with Crippen molar-refractivity contribution in [3.8, 4) is 0 Å². The summed E-state index contributed by atoms with van der Waals surface area (Å²) in [5.41, 5.74) is 0.973. The summed E-state index contributed by atoms with van der Waals surface area (Å²) in [7, 11) is 0. The van der Waals surface area contributed by atoms with Gasteiger partial charge in [-0.3, -0.25) is 0 Å². The fraction of sp³-hybridized carbons (Fsp3) is 0.286. The van der Waals surface area contributed by atoms with Crippen molar-refractivity contribution < 1.29 is 8.81 Å². The molecule has 2 aromatic rings. The van der Waals surface area contributed by atoms with Crippen molar-refractivity contribution in [3.63, 3.8) is 0 Å². The van der Waals surface area contributed by atoms with Crippen molar-refractivity contribution in [1.29, 1.82) is 0 Å². The maximum Gasteiger partial charge on any atom is 0.141 e. The van der Waals surface area contributed by atoms with E-state index in [1.54, 1.807) is 18.4 Å². The fourth-order valence-electron chi connectivity index (χ4n) is 1.77. The van der Waals surface area contributed by atoms with Gasteiger partial charge >= 0.3 is 0 Å². The fourth-order valence-corrected chi connectivity index (χ4v) is 1.96. The van der Waals surface area contributed by atoms with Gasteiger partial charge in [-0.2, -0.15) is 0 Å². The van der Waals surface area contributed by atoms with Crippen molar-refractivity contribution in [2.75, 3.05) is 6.54 Å². The highest BCUT2D eigenvalue weighted by molar-refractivity contribution is 6.30. The number of hydrogen-bond acceptors (Lipinski definition) is 2. The van der Waals surface area contributed by atoms with Gasteiger partial charge in [-0.25, -0.2) is 4.39 Å². The maximum absolute atomic E-state index is 13.0. The monoisotopic (exact) mass is 267 g/mol. The second kappa shape index (κ2) is 6.03. The van der Waals surface area contributed by atoms with E-state index in [2.05, 4.69) is 5.32 Å². The van der Waals surface area contributed by atoms with E-state index in [0.29, 0.717) is 0 Å². The zero-order valence-corrected chi connectivity index (χ0v) is 10.9. The van der Waals surface area contributed by atoms with Crippen LogP contribution >= 0.6 is 11.6 Å². The third-order valence-corrected chi connectivity index (χ3v) is 3.14. The zero-order valence-electron chi connectivity index (χ0n) is 10.1. The molecule has 18 heavy (non-hydrogen) atoms. The number of furan rings is 1. The third-order valence-electron chi connectivity index (χ3n) is 2.85. The van der Waals surface area contributed by atoms with E-state index in [9.17, 15) is 4.39 Å². The van der Waals surface area contributed by atoms with Crippen LogP contribution in [0.1, 0.15) is 24.3 Å². The summed E-state index contributed by atoms with van der Waals surface area (Å²) in [6.45, 7) is 2.81. The van der Waals surface area contributed by atoms with Crippen LogP contribution in [0.15, 0.2) is 41.0 Å². The van der Waals surface area contributed by atoms with E-state index >= 15 is 0 Å². The molecule has 0 saturated carbocycles. The van der Waals surface area contributed by atoms with Gasteiger partial charge in [0, 0.05) is 19.0 Å². The second-order valence-electron chi connectivity index (χ2n) is 4.18. The summed E-state index contributed by atoms with van der Waals surface area (Å²) in [4.78, 5) is 0. The molecule has 0 spiro atoms. The number of hydrogen-bond donors (Lipinski definition) is 1. The van der Waals surface area contributed by atoms with E-state index in [1.807, 2.05) is 19.1 Å². The predicted molar refractivity (Wildman–Crippen MR) is 70.2 cm³/mol. The van der Waals surface area contributed by atoms with Gasteiger partial charge in [-0.15, -0.1) is 0 Å². The van der Waals surface area contributed by atoms with Crippen LogP contribution in [0.5, 0.6) is 0 Å². The van der Waals surface area contributed by atoms with Crippen molar-refractivity contribution in [2.45, 2.75) is 19.4 Å². The molecule has 2 rings (SSSR count). The Hall–Kier alpha value is -1.32. The molecule has 1 N–H and O–H groups in total. The minimum atomic E-state index is -0.386. The largest absolute Gasteiger partial charge is 0.469 e. The van der Waals surface area contributed by atoms with E-state index < -0.39 is 0 Å². The Morgan fingerprint density at radius 1 is 1.39 bits per heavy atom. The van der Waals surface area contributed by atoms with E-state index in [1.165, 1.54) is 6.07 Å². The molecule has 1 heterocycles. The van der Waals surface area contributed by atoms with Gasteiger partial charge in [0.2, 0.25) is 0 Å². The van der Waals surface area contributed by atoms with Crippen molar-refractivity contribution in [1.82, 2.24) is 5.32 Å². The van der Waals surface area contributed by atoms with Gasteiger partial charge < -0.3 is 9.73 Å². The molecule has 0 saturated heterocycles. The number of nitrogens with one attached hydrogen (secondary N) is 1. The first-order valence-corrected chi connectivity index (χ1v) is 6.25. The molecule has 4 heteroatoms. The zero-order chi connectivity index (χ0) is 13.0. The van der Waals surface area contributed by atoms with Gasteiger partial charge in [-0.05, 0) is 36.8 Å². The lowest BCUT2D eigenvalue weighted by Crippen LogP contribution is -2.21. The number of benzene rings is 1. The van der Waals surface area contributed by atoms with Crippen LogP contribution in [0.2, 0.25) is 5.02 Å². The van der Waals surface area contributed by atoms with Crippen LogP contribution in [0.4, 0.5) is 4.39 Å². The van der Waals surface area contributed by atoms with Crippen molar-refractivity contribution in [3.05, 3.63) is 58.8 Å². The molecule has 1 aromatic carbocycles. The molecule has 0 radical (unpaired) electrons. The van der Waals surface area contributed by atoms with Crippen molar-refractivity contribution in [2.24, 2.45) is 0 Å². The molecule has 0 aliphatic carbocycles. The van der Waals surface area contributed by atoms with Gasteiger partial charge in [-0.1, -0.05) is 17.7 Å². The standard InChI is InChI=1S/C14H15ClFNO/c1-10(11-4-5-14(16)13(15)9-11)17-7-6-12-3-2-8-18-12/h2-5,8-10,17H,6-7H2,1H3. The van der Waals surface area contributed by atoms with Gasteiger partial charge in [0.1, 0.15) is 11.6 Å². The summed E-state index contributed by atoms with van der Waals surface area (Å²) < 4.78 is 18.3. The topological polar surface area (TPSA) is 25.2 Å². The van der Waals surface area contributed by atoms with Gasteiger partial charge in [0.15, 0.2) is 0 Å². The van der Waals surface area contributed by atoms with Crippen LogP contribution in [-0.2, 0) is 6.42 Å². The lowest BCUT2D eigenvalue weighted by molar-refractivity contribution is 0.486. The smallest absolute Gasteiger partial charge is 0.141 e. The Bertz CT molecular complexity index is 499. The molecule has 0 aliphatic rings. The minimum Gasteiger partial charge on any atom is -0.469 e. The van der Waals surface area contributed by atoms with Crippen LogP contribution in [-0.4, -0.2) is 6.54 Å². The Morgan fingerprint density at radius 3 is 2.89 bits per heavy atom. The van der Waals surface area contributed by atoms with Gasteiger partial charge in [0.25, 0.3) is 0 Å². The van der Waals surface area contributed by atoms with E-state index in [4.69, 9.17) is 16.0 Å². The molecule has 0 bridgehead atoms. The number of halogens is 2. The first kappa shape index (κ1) is 13.1. The van der Waals surface area contributed by atoms with Crippen LogP contribution in [0.3, 0.4) is 0 Å². The Labute approximate surface area is 111 Å². The summed E-state index contributed by atoms with van der Waals surface area (Å²) in [5, 5.41) is 3.50. The minimum absolute atomic E-state index is 0.123. The summed E-state index contributed by atoms with van der Waals surface area (Å²) in [6, 6.07) is 8.73. The van der Waals surface area contributed by atoms with Crippen LogP contribution < -0.4 is 5.32 Å². The van der Waals surface area contributed by atoms with E-state index in [-0.39, 0.29) is 16.9 Å². The first-order chi connectivity index (χ1) is 8.66. The third kappa shape index (κ3) is 3.34. The molecule has 2 nitrogen and oxygen atoms in total. The summed E-state index contributed by atoms with van der Waals surface area (Å²) in [6.07, 6.45) is 2.49. The lowest BCUT2D eigenvalue weighted by Gasteiger charge is -2.14. The van der Waals surface area contributed by atoms with Crippen molar-refractivity contribution >= 4 is 11.6 Å². The first-order valence-electron chi connectivity index (χ1n) is 5.87. The molecular weight excluding hydrogens is 253 g/mol. The normalized spacial score (nSPS) is 12.6. The van der Waals surface area contributed by atoms with Gasteiger partial charge in [0.05, 0.1) is 11.3 Å². The highest BCUT2D eigenvalue weighted by Gasteiger charge is 2.07. The van der Waals surface area contributed by atoms with E-state index in [0.717, 1.165) is 24.3 Å². The SMILES string of the molecule is CC(NCCc1ccco1)c1ccc(F)c(Cl)c1. The van der Waals surface area contributed by atoms with Crippen LogP contribution in [0.25, 0.3) is 0 Å². The number of rotatable bonds is 5. The lowest BCUT2D eigenvalue weighted by atomic mass is 10.1. The molecule has 0 amide bonds. The average Bonchev–Trinajstić information content (AvgIpc) is 2.85. The Morgan fingerprint density at radius 2 is 2.22 bits per heavy atom. The molecule has 1 aromatic heterocycles.